The van der Waals surface area contributed by atoms with Crippen molar-refractivity contribution in [3.8, 4) is 23.3 Å². The highest BCUT2D eigenvalue weighted by Crippen LogP contribution is 2.29. The van der Waals surface area contributed by atoms with Gasteiger partial charge in [0.2, 0.25) is 5.89 Å². The topological polar surface area (TPSA) is 71.5 Å². The molecule has 0 spiro atoms. The van der Waals surface area contributed by atoms with E-state index in [-0.39, 0.29) is 6.10 Å². The Labute approximate surface area is 154 Å². The lowest BCUT2D eigenvalue weighted by atomic mass is 10.2. The molecule has 1 aliphatic heterocycles. The number of para-hydroxylation sites is 1. The fourth-order valence-electron chi connectivity index (χ4n) is 3.18. The molecular weight excluding hydrogens is 330 g/mol. The van der Waals surface area contributed by atoms with Gasteiger partial charge in [-0.2, -0.15) is 5.26 Å². The molecule has 1 aromatic heterocycles. The minimum atomic E-state index is 0.249. The van der Waals surface area contributed by atoms with Crippen molar-refractivity contribution in [3.05, 3.63) is 36.2 Å². The number of rotatable bonds is 9. The monoisotopic (exact) mass is 355 g/mol. The molecule has 1 aromatic carbocycles. The second-order valence-corrected chi connectivity index (χ2v) is 6.35. The summed E-state index contributed by atoms with van der Waals surface area (Å²) in [7, 11) is 0. The molecule has 2 heterocycles. The first-order chi connectivity index (χ1) is 12.8. The third-order valence-electron chi connectivity index (χ3n) is 4.38. The number of ether oxygens (including phenoxy) is 2. The molecule has 3 rings (SSSR count). The van der Waals surface area contributed by atoms with Gasteiger partial charge in [0.05, 0.1) is 30.0 Å². The first kappa shape index (κ1) is 18.4. The van der Waals surface area contributed by atoms with E-state index in [0.717, 1.165) is 43.0 Å². The summed E-state index contributed by atoms with van der Waals surface area (Å²) in [5, 5.41) is 8.92. The van der Waals surface area contributed by atoms with Crippen LogP contribution < -0.4 is 4.74 Å². The maximum Gasteiger partial charge on any atom is 0.229 e. The minimum absolute atomic E-state index is 0.249. The van der Waals surface area contributed by atoms with Crippen molar-refractivity contribution < 1.29 is 13.9 Å². The number of hydrogen-bond donors (Lipinski definition) is 0. The van der Waals surface area contributed by atoms with Gasteiger partial charge in [-0.1, -0.05) is 12.1 Å². The average molecular weight is 355 g/mol. The number of oxazole rings is 1. The quantitative estimate of drug-likeness (QED) is 0.684. The van der Waals surface area contributed by atoms with E-state index in [1.54, 1.807) is 6.26 Å². The van der Waals surface area contributed by atoms with Crippen molar-refractivity contribution in [1.82, 2.24) is 9.88 Å². The van der Waals surface area contributed by atoms with Crippen LogP contribution in [-0.4, -0.2) is 42.3 Å². The number of nitriles is 1. The fourth-order valence-corrected chi connectivity index (χ4v) is 3.18. The van der Waals surface area contributed by atoms with Gasteiger partial charge in [-0.3, -0.25) is 4.90 Å². The number of hydrogen-bond acceptors (Lipinski definition) is 6. The van der Waals surface area contributed by atoms with Crippen LogP contribution in [-0.2, 0) is 11.3 Å². The molecular formula is C20H25N3O3. The summed E-state index contributed by atoms with van der Waals surface area (Å²) in [6.45, 7) is 5.54. The fraction of sp³-hybridized carbons (Fsp3) is 0.500. The predicted octanol–water partition coefficient (Wildman–Crippen LogP) is 3.63. The Hall–Kier alpha value is -2.36. The lowest BCUT2D eigenvalue weighted by Crippen LogP contribution is -2.32. The van der Waals surface area contributed by atoms with E-state index >= 15 is 0 Å². The van der Waals surface area contributed by atoms with Crippen LogP contribution in [0.2, 0.25) is 0 Å². The van der Waals surface area contributed by atoms with Gasteiger partial charge in [-0.05, 0) is 31.9 Å². The molecule has 0 N–H and O–H groups in total. The Morgan fingerprint density at radius 2 is 2.27 bits per heavy atom. The van der Waals surface area contributed by atoms with Crippen LogP contribution in [0.4, 0.5) is 0 Å². The second-order valence-electron chi connectivity index (χ2n) is 6.35. The minimum Gasteiger partial charge on any atom is -0.493 e. The van der Waals surface area contributed by atoms with Crippen molar-refractivity contribution in [1.29, 1.82) is 5.26 Å². The number of benzene rings is 1. The van der Waals surface area contributed by atoms with E-state index in [1.165, 1.54) is 0 Å². The maximum absolute atomic E-state index is 8.92. The lowest BCUT2D eigenvalue weighted by Gasteiger charge is -2.23. The second kappa shape index (κ2) is 9.37. The molecule has 0 radical (unpaired) electrons. The molecule has 6 nitrogen and oxygen atoms in total. The molecule has 1 fully saturated rings. The summed E-state index contributed by atoms with van der Waals surface area (Å²) in [5.41, 5.74) is 1.70. The first-order valence-corrected chi connectivity index (χ1v) is 9.17. The van der Waals surface area contributed by atoms with Crippen molar-refractivity contribution in [2.75, 3.05) is 26.3 Å². The van der Waals surface area contributed by atoms with E-state index in [1.807, 2.05) is 31.2 Å². The predicted molar refractivity (Wildman–Crippen MR) is 97.6 cm³/mol. The molecule has 0 aliphatic carbocycles. The van der Waals surface area contributed by atoms with Crippen LogP contribution in [0.3, 0.4) is 0 Å². The van der Waals surface area contributed by atoms with E-state index < -0.39 is 0 Å². The highest BCUT2D eigenvalue weighted by atomic mass is 16.5. The summed E-state index contributed by atoms with van der Waals surface area (Å²) >= 11 is 0. The molecule has 138 valence electrons. The first-order valence-electron chi connectivity index (χ1n) is 9.17. The van der Waals surface area contributed by atoms with Crippen LogP contribution in [0.15, 0.2) is 34.9 Å². The Kier molecular flexibility index (Phi) is 6.64. The molecule has 0 bridgehead atoms. The lowest BCUT2D eigenvalue weighted by molar-refractivity contribution is 0.0709. The van der Waals surface area contributed by atoms with Gasteiger partial charge >= 0.3 is 0 Å². The molecule has 2 aromatic rings. The Balaban J connectivity index is 1.70. The van der Waals surface area contributed by atoms with Crippen LogP contribution in [0, 0.1) is 11.3 Å². The van der Waals surface area contributed by atoms with E-state index in [4.69, 9.17) is 19.2 Å². The molecule has 0 saturated carbocycles. The average Bonchev–Trinajstić information content (AvgIpc) is 3.32. The van der Waals surface area contributed by atoms with E-state index in [0.29, 0.717) is 32.0 Å². The van der Waals surface area contributed by atoms with Gasteiger partial charge in [-0.15, -0.1) is 0 Å². The zero-order valence-electron chi connectivity index (χ0n) is 15.2. The summed E-state index contributed by atoms with van der Waals surface area (Å²) in [6, 6.07) is 9.96. The molecule has 6 heteroatoms. The summed E-state index contributed by atoms with van der Waals surface area (Å²) in [5.74, 6) is 1.32. The van der Waals surface area contributed by atoms with Crippen LogP contribution in [0.25, 0.3) is 11.5 Å². The van der Waals surface area contributed by atoms with Gasteiger partial charge in [0.15, 0.2) is 0 Å². The summed E-state index contributed by atoms with van der Waals surface area (Å²) in [4.78, 5) is 6.85. The molecule has 1 atom stereocenters. The largest absolute Gasteiger partial charge is 0.493 e. The standard InChI is InChI=1S/C20H25N3O3/c1-2-24-19-9-4-3-8-18(19)20-22-16(15-26-20)13-23(11-6-10-21)14-17-7-5-12-25-17/h3-4,8-9,15,17H,2,5-7,11-14H2,1H3. The third-order valence-corrected chi connectivity index (χ3v) is 4.38. The zero-order chi connectivity index (χ0) is 18.2. The molecule has 1 aliphatic rings. The molecule has 1 unspecified atom stereocenters. The Morgan fingerprint density at radius 3 is 3.04 bits per heavy atom. The van der Waals surface area contributed by atoms with Gasteiger partial charge in [0, 0.05) is 32.7 Å². The number of nitrogens with zero attached hydrogens (tertiary/aromatic N) is 3. The van der Waals surface area contributed by atoms with Gasteiger partial charge < -0.3 is 13.9 Å². The van der Waals surface area contributed by atoms with Crippen LogP contribution in [0.5, 0.6) is 5.75 Å². The SMILES string of the molecule is CCOc1ccccc1-c1nc(CN(CCC#N)CC2CCCO2)co1. The van der Waals surface area contributed by atoms with Crippen molar-refractivity contribution >= 4 is 0 Å². The Bertz CT molecular complexity index is 732. The van der Waals surface area contributed by atoms with Crippen LogP contribution in [0.1, 0.15) is 31.9 Å². The molecule has 1 saturated heterocycles. The zero-order valence-corrected chi connectivity index (χ0v) is 15.2. The molecule has 26 heavy (non-hydrogen) atoms. The summed E-state index contributed by atoms with van der Waals surface area (Å²) < 4.78 is 17.1. The normalized spacial score (nSPS) is 16.7. The van der Waals surface area contributed by atoms with Gasteiger partial charge in [0.25, 0.3) is 0 Å². The van der Waals surface area contributed by atoms with E-state index in [9.17, 15) is 0 Å². The van der Waals surface area contributed by atoms with Crippen molar-refractivity contribution in [2.45, 2.75) is 38.8 Å². The molecule has 0 amide bonds. The van der Waals surface area contributed by atoms with Gasteiger partial charge in [0.1, 0.15) is 12.0 Å². The van der Waals surface area contributed by atoms with E-state index in [2.05, 4.69) is 16.0 Å². The van der Waals surface area contributed by atoms with Crippen LogP contribution >= 0.6 is 0 Å². The highest BCUT2D eigenvalue weighted by molar-refractivity contribution is 5.62. The third kappa shape index (κ3) is 4.84. The van der Waals surface area contributed by atoms with Crippen molar-refractivity contribution in [3.63, 3.8) is 0 Å². The Morgan fingerprint density at radius 1 is 1.38 bits per heavy atom. The summed E-state index contributed by atoms with van der Waals surface area (Å²) in [6.07, 6.45) is 4.62. The number of aromatic nitrogens is 1. The van der Waals surface area contributed by atoms with Crippen molar-refractivity contribution in [2.24, 2.45) is 0 Å². The van der Waals surface area contributed by atoms with Gasteiger partial charge in [-0.25, -0.2) is 4.98 Å². The smallest absolute Gasteiger partial charge is 0.229 e. The maximum atomic E-state index is 8.92. The highest BCUT2D eigenvalue weighted by Gasteiger charge is 2.20.